The van der Waals surface area contributed by atoms with Crippen LogP contribution in [0.5, 0.6) is 5.75 Å². The molecule has 0 spiro atoms. The SMILES string of the molecule is COc1ccc(C(=O)NCCN(C(C)=O)c2ccccc2)cc1. The van der Waals surface area contributed by atoms with Crippen LogP contribution in [0.2, 0.25) is 0 Å². The molecule has 5 nitrogen and oxygen atoms in total. The second-order valence-electron chi connectivity index (χ2n) is 4.99. The minimum Gasteiger partial charge on any atom is -0.497 e. The summed E-state index contributed by atoms with van der Waals surface area (Å²) in [5.74, 6) is 0.465. The van der Waals surface area contributed by atoms with E-state index >= 15 is 0 Å². The van der Waals surface area contributed by atoms with Crippen molar-refractivity contribution in [1.82, 2.24) is 5.32 Å². The summed E-state index contributed by atoms with van der Waals surface area (Å²) in [6, 6.07) is 16.3. The van der Waals surface area contributed by atoms with E-state index in [0.29, 0.717) is 24.4 Å². The molecule has 0 radical (unpaired) electrons. The van der Waals surface area contributed by atoms with Crippen molar-refractivity contribution < 1.29 is 14.3 Å². The first-order chi connectivity index (χ1) is 11.1. The molecule has 0 aliphatic heterocycles. The summed E-state index contributed by atoms with van der Waals surface area (Å²) in [5, 5.41) is 2.82. The Balaban J connectivity index is 1.91. The van der Waals surface area contributed by atoms with Crippen LogP contribution in [0.4, 0.5) is 5.69 Å². The molecule has 0 aromatic heterocycles. The van der Waals surface area contributed by atoms with E-state index in [1.807, 2.05) is 30.3 Å². The molecule has 5 heteroatoms. The fraction of sp³-hybridized carbons (Fsp3) is 0.222. The molecular weight excluding hydrogens is 292 g/mol. The van der Waals surface area contributed by atoms with Crippen LogP contribution < -0.4 is 15.0 Å². The maximum atomic E-state index is 12.1. The number of hydrogen-bond acceptors (Lipinski definition) is 3. The molecule has 0 aliphatic rings. The number of para-hydroxylation sites is 1. The van der Waals surface area contributed by atoms with Gasteiger partial charge < -0.3 is 15.0 Å². The zero-order valence-electron chi connectivity index (χ0n) is 13.3. The average Bonchev–Trinajstić information content (AvgIpc) is 2.59. The third-order valence-electron chi connectivity index (χ3n) is 3.42. The first-order valence-electron chi connectivity index (χ1n) is 7.37. The third-order valence-corrected chi connectivity index (χ3v) is 3.42. The van der Waals surface area contributed by atoms with Gasteiger partial charge in [-0.3, -0.25) is 9.59 Å². The van der Waals surface area contributed by atoms with E-state index in [9.17, 15) is 9.59 Å². The first-order valence-corrected chi connectivity index (χ1v) is 7.37. The molecule has 120 valence electrons. The highest BCUT2D eigenvalue weighted by atomic mass is 16.5. The minimum atomic E-state index is -0.177. The van der Waals surface area contributed by atoms with Crippen molar-refractivity contribution in [3.8, 4) is 5.75 Å². The van der Waals surface area contributed by atoms with E-state index in [-0.39, 0.29) is 11.8 Å². The number of hydrogen-bond donors (Lipinski definition) is 1. The minimum absolute atomic E-state index is 0.0603. The number of methoxy groups -OCH3 is 1. The van der Waals surface area contributed by atoms with Crippen molar-refractivity contribution in [3.63, 3.8) is 0 Å². The van der Waals surface area contributed by atoms with Crippen LogP contribution in [0.25, 0.3) is 0 Å². The zero-order valence-corrected chi connectivity index (χ0v) is 13.3. The van der Waals surface area contributed by atoms with E-state index in [1.165, 1.54) is 6.92 Å². The maximum Gasteiger partial charge on any atom is 0.251 e. The van der Waals surface area contributed by atoms with Gasteiger partial charge in [0.2, 0.25) is 5.91 Å². The third kappa shape index (κ3) is 4.57. The van der Waals surface area contributed by atoms with E-state index in [1.54, 1.807) is 36.3 Å². The Morgan fingerprint density at radius 2 is 1.70 bits per heavy atom. The lowest BCUT2D eigenvalue weighted by Crippen LogP contribution is -2.37. The predicted octanol–water partition coefficient (Wildman–Crippen LogP) is 2.48. The van der Waals surface area contributed by atoms with Gasteiger partial charge in [0.1, 0.15) is 5.75 Å². The van der Waals surface area contributed by atoms with E-state index < -0.39 is 0 Å². The van der Waals surface area contributed by atoms with Gasteiger partial charge in [0.15, 0.2) is 0 Å². The quantitative estimate of drug-likeness (QED) is 0.891. The number of nitrogens with zero attached hydrogens (tertiary/aromatic N) is 1. The first kappa shape index (κ1) is 16.5. The van der Waals surface area contributed by atoms with Gasteiger partial charge in [0, 0.05) is 31.3 Å². The van der Waals surface area contributed by atoms with Crippen LogP contribution in [0.15, 0.2) is 54.6 Å². The number of anilines is 1. The monoisotopic (exact) mass is 312 g/mol. The summed E-state index contributed by atoms with van der Waals surface area (Å²) in [6.45, 7) is 2.30. The molecule has 0 aliphatic carbocycles. The summed E-state index contributed by atoms with van der Waals surface area (Å²) in [6.07, 6.45) is 0. The number of rotatable bonds is 6. The molecule has 0 saturated heterocycles. The van der Waals surface area contributed by atoms with Crippen LogP contribution in [0, 0.1) is 0 Å². The Bertz CT molecular complexity index is 654. The lowest BCUT2D eigenvalue weighted by Gasteiger charge is -2.21. The van der Waals surface area contributed by atoms with Crippen molar-refractivity contribution >= 4 is 17.5 Å². The van der Waals surface area contributed by atoms with Gasteiger partial charge in [-0.05, 0) is 36.4 Å². The highest BCUT2D eigenvalue weighted by molar-refractivity contribution is 5.94. The number of nitrogens with one attached hydrogen (secondary N) is 1. The Morgan fingerprint density at radius 1 is 1.04 bits per heavy atom. The molecule has 23 heavy (non-hydrogen) atoms. The van der Waals surface area contributed by atoms with Crippen LogP contribution in [-0.2, 0) is 4.79 Å². The summed E-state index contributed by atoms with van der Waals surface area (Å²) in [7, 11) is 1.58. The summed E-state index contributed by atoms with van der Waals surface area (Å²) < 4.78 is 5.06. The second-order valence-corrected chi connectivity index (χ2v) is 4.99. The number of amides is 2. The molecule has 0 atom stereocenters. The largest absolute Gasteiger partial charge is 0.497 e. The summed E-state index contributed by atoms with van der Waals surface area (Å²) in [5.41, 5.74) is 1.37. The molecule has 2 aromatic rings. The predicted molar refractivity (Wildman–Crippen MR) is 89.8 cm³/mol. The summed E-state index contributed by atoms with van der Waals surface area (Å²) >= 11 is 0. The van der Waals surface area contributed by atoms with Gasteiger partial charge in [0.25, 0.3) is 5.91 Å². The van der Waals surface area contributed by atoms with Crippen molar-refractivity contribution in [3.05, 3.63) is 60.2 Å². The Kier molecular flexibility index (Phi) is 5.74. The normalized spacial score (nSPS) is 10.0. The van der Waals surface area contributed by atoms with Gasteiger partial charge in [-0.15, -0.1) is 0 Å². The Labute approximate surface area is 135 Å². The van der Waals surface area contributed by atoms with Crippen molar-refractivity contribution in [2.75, 3.05) is 25.1 Å². The number of benzene rings is 2. The average molecular weight is 312 g/mol. The van der Waals surface area contributed by atoms with Gasteiger partial charge in [-0.2, -0.15) is 0 Å². The van der Waals surface area contributed by atoms with Crippen LogP contribution in [0.3, 0.4) is 0 Å². The van der Waals surface area contributed by atoms with E-state index in [2.05, 4.69) is 5.32 Å². The number of ether oxygens (including phenoxy) is 1. The highest BCUT2D eigenvalue weighted by Crippen LogP contribution is 2.13. The molecule has 0 bridgehead atoms. The van der Waals surface area contributed by atoms with Crippen molar-refractivity contribution in [2.24, 2.45) is 0 Å². The number of carbonyl (C=O) groups is 2. The Hall–Kier alpha value is -2.82. The van der Waals surface area contributed by atoms with E-state index in [4.69, 9.17) is 4.74 Å². The fourth-order valence-corrected chi connectivity index (χ4v) is 2.20. The van der Waals surface area contributed by atoms with Gasteiger partial charge in [-0.25, -0.2) is 0 Å². The van der Waals surface area contributed by atoms with Crippen molar-refractivity contribution in [2.45, 2.75) is 6.92 Å². The van der Waals surface area contributed by atoms with Gasteiger partial charge in [0.05, 0.1) is 7.11 Å². The summed E-state index contributed by atoms with van der Waals surface area (Å²) in [4.78, 5) is 25.5. The molecule has 0 heterocycles. The van der Waals surface area contributed by atoms with Crippen LogP contribution in [-0.4, -0.2) is 32.0 Å². The van der Waals surface area contributed by atoms with Gasteiger partial charge >= 0.3 is 0 Å². The Morgan fingerprint density at radius 3 is 2.26 bits per heavy atom. The zero-order chi connectivity index (χ0) is 16.7. The molecule has 2 amide bonds. The lowest BCUT2D eigenvalue weighted by atomic mass is 10.2. The molecule has 0 fully saturated rings. The van der Waals surface area contributed by atoms with Crippen molar-refractivity contribution in [1.29, 1.82) is 0 Å². The molecule has 2 aromatic carbocycles. The molecule has 1 N–H and O–H groups in total. The molecular formula is C18H20N2O3. The van der Waals surface area contributed by atoms with E-state index in [0.717, 1.165) is 5.69 Å². The molecule has 0 saturated carbocycles. The van der Waals surface area contributed by atoms with Gasteiger partial charge in [-0.1, -0.05) is 18.2 Å². The topological polar surface area (TPSA) is 58.6 Å². The fourth-order valence-electron chi connectivity index (χ4n) is 2.20. The smallest absolute Gasteiger partial charge is 0.251 e. The molecule has 2 rings (SSSR count). The van der Waals surface area contributed by atoms with Crippen LogP contribution in [0.1, 0.15) is 17.3 Å². The highest BCUT2D eigenvalue weighted by Gasteiger charge is 2.11. The standard InChI is InChI=1S/C18H20N2O3/c1-14(21)20(16-6-4-3-5-7-16)13-12-19-18(22)15-8-10-17(23-2)11-9-15/h3-11H,12-13H2,1-2H3,(H,19,22). The molecule has 0 unspecified atom stereocenters. The maximum absolute atomic E-state index is 12.1. The lowest BCUT2D eigenvalue weighted by molar-refractivity contribution is -0.116. The number of carbonyl (C=O) groups excluding carboxylic acids is 2. The second kappa shape index (κ2) is 7.98. The van der Waals surface area contributed by atoms with Crippen LogP contribution >= 0.6 is 0 Å².